The topological polar surface area (TPSA) is 61.0 Å². The lowest BCUT2D eigenvalue weighted by Gasteiger charge is -2.19. The van der Waals surface area contributed by atoms with Gasteiger partial charge in [0.2, 0.25) is 0 Å². The molecule has 0 spiro atoms. The first kappa shape index (κ1) is 17.9. The van der Waals surface area contributed by atoms with Gasteiger partial charge in [-0.1, -0.05) is 11.6 Å². The maximum atomic E-state index is 13.9. The summed E-state index contributed by atoms with van der Waals surface area (Å²) in [6, 6.07) is 9.97. The van der Waals surface area contributed by atoms with Crippen LogP contribution in [0.25, 0.3) is 11.0 Å². The van der Waals surface area contributed by atoms with Crippen LogP contribution in [0.15, 0.2) is 36.4 Å². The van der Waals surface area contributed by atoms with Gasteiger partial charge in [-0.25, -0.2) is 9.37 Å². The van der Waals surface area contributed by atoms with Gasteiger partial charge in [0.25, 0.3) is 5.91 Å². The lowest BCUT2D eigenvalue weighted by Crippen LogP contribution is -2.26. The number of nitrogens with one attached hydrogen (secondary N) is 2. The van der Waals surface area contributed by atoms with Gasteiger partial charge in [-0.2, -0.15) is 0 Å². The van der Waals surface area contributed by atoms with Crippen molar-refractivity contribution in [3.8, 4) is 0 Å². The van der Waals surface area contributed by atoms with Gasteiger partial charge in [0, 0.05) is 16.8 Å². The molecule has 2 heterocycles. The number of hydrogen-bond acceptors (Lipinski definition) is 3. The minimum absolute atomic E-state index is 0.0483. The Hall–Kier alpha value is -2.44. The highest BCUT2D eigenvalue weighted by molar-refractivity contribution is 6.30. The number of carbonyl (C=O) groups is 1. The molecule has 5 nitrogen and oxygen atoms in total. The highest BCUT2D eigenvalue weighted by Gasteiger charge is 2.21. The molecule has 7 heteroatoms. The molecular formula is C20H20ClFN4O. The van der Waals surface area contributed by atoms with E-state index in [0.717, 1.165) is 36.0 Å². The van der Waals surface area contributed by atoms with E-state index in [1.807, 2.05) is 12.1 Å². The Balaban J connectivity index is 1.52. The molecule has 27 heavy (non-hydrogen) atoms. The van der Waals surface area contributed by atoms with Crippen LogP contribution in [-0.4, -0.2) is 33.4 Å². The summed E-state index contributed by atoms with van der Waals surface area (Å²) in [7, 11) is 0. The minimum atomic E-state index is -0.648. The highest BCUT2D eigenvalue weighted by Crippen LogP contribution is 2.22. The summed E-state index contributed by atoms with van der Waals surface area (Å²) in [6.07, 6.45) is 2.44. The predicted molar refractivity (Wildman–Crippen MR) is 105 cm³/mol. The average Bonchev–Trinajstić information content (AvgIpc) is 3.20. The number of fused-ring (bicyclic) bond motifs is 1. The predicted octanol–water partition coefficient (Wildman–Crippen LogP) is 4.59. The lowest BCUT2D eigenvalue weighted by atomic mass is 10.2. The largest absolute Gasteiger partial charge is 0.341 e. The third-order valence-electron chi connectivity index (χ3n) is 5.01. The van der Waals surface area contributed by atoms with Crippen molar-refractivity contribution >= 4 is 34.2 Å². The first-order valence-electron chi connectivity index (χ1n) is 8.99. The van der Waals surface area contributed by atoms with Crippen LogP contribution in [0.3, 0.4) is 0 Å². The smallest absolute Gasteiger partial charge is 0.258 e. The van der Waals surface area contributed by atoms with E-state index in [1.165, 1.54) is 25.0 Å². The van der Waals surface area contributed by atoms with Crippen molar-refractivity contribution in [2.45, 2.75) is 32.4 Å². The van der Waals surface area contributed by atoms with E-state index in [4.69, 9.17) is 11.6 Å². The first-order valence-corrected chi connectivity index (χ1v) is 9.36. The number of carbonyl (C=O) groups excluding carboxylic acids is 1. The monoisotopic (exact) mass is 386 g/mol. The molecule has 0 bridgehead atoms. The molecule has 1 amide bonds. The van der Waals surface area contributed by atoms with Crippen LogP contribution in [0.4, 0.5) is 10.1 Å². The Morgan fingerprint density at radius 1 is 1.37 bits per heavy atom. The van der Waals surface area contributed by atoms with E-state index in [-0.39, 0.29) is 10.6 Å². The number of likely N-dealkylation sites (tertiary alicyclic amines) is 1. The minimum Gasteiger partial charge on any atom is -0.341 e. The van der Waals surface area contributed by atoms with Crippen molar-refractivity contribution in [2.24, 2.45) is 0 Å². The second-order valence-corrected chi connectivity index (χ2v) is 7.39. The van der Waals surface area contributed by atoms with Gasteiger partial charge in [-0.15, -0.1) is 0 Å². The maximum absolute atomic E-state index is 13.9. The number of amides is 1. The number of halogens is 2. The summed E-state index contributed by atoms with van der Waals surface area (Å²) >= 11 is 5.73. The van der Waals surface area contributed by atoms with Gasteiger partial charge in [-0.05, 0) is 62.7 Å². The molecule has 1 saturated heterocycles. The average molecular weight is 387 g/mol. The molecule has 4 rings (SSSR count). The van der Waals surface area contributed by atoms with Crippen LogP contribution in [0, 0.1) is 5.82 Å². The molecule has 3 aromatic rings. The van der Waals surface area contributed by atoms with Crippen LogP contribution in [0.2, 0.25) is 5.02 Å². The molecule has 2 aromatic carbocycles. The molecule has 140 valence electrons. The molecule has 0 radical (unpaired) electrons. The van der Waals surface area contributed by atoms with Crippen LogP contribution in [-0.2, 0) is 6.54 Å². The van der Waals surface area contributed by atoms with Crippen molar-refractivity contribution in [1.29, 1.82) is 0 Å². The lowest BCUT2D eigenvalue weighted by molar-refractivity contribution is 0.102. The second kappa shape index (κ2) is 7.29. The van der Waals surface area contributed by atoms with Gasteiger partial charge in [0.1, 0.15) is 11.6 Å². The summed E-state index contributed by atoms with van der Waals surface area (Å²) in [4.78, 5) is 22.7. The Kier molecular flexibility index (Phi) is 4.85. The van der Waals surface area contributed by atoms with Crippen molar-refractivity contribution < 1.29 is 9.18 Å². The number of nitrogens with zero attached hydrogens (tertiary/aromatic N) is 2. The van der Waals surface area contributed by atoms with Crippen LogP contribution < -0.4 is 5.32 Å². The van der Waals surface area contributed by atoms with Crippen molar-refractivity contribution in [1.82, 2.24) is 14.9 Å². The number of H-pyrrole nitrogens is 1. The zero-order valence-electron chi connectivity index (χ0n) is 14.9. The summed E-state index contributed by atoms with van der Waals surface area (Å²) in [5.41, 5.74) is 2.21. The number of rotatable bonds is 4. The van der Waals surface area contributed by atoms with E-state index in [9.17, 15) is 9.18 Å². The van der Waals surface area contributed by atoms with Crippen molar-refractivity contribution in [2.75, 3.05) is 11.9 Å². The Bertz CT molecular complexity index is 1000. The van der Waals surface area contributed by atoms with E-state index in [0.29, 0.717) is 11.7 Å². The Morgan fingerprint density at radius 2 is 2.22 bits per heavy atom. The quantitative estimate of drug-likeness (QED) is 0.689. The van der Waals surface area contributed by atoms with Gasteiger partial charge >= 0.3 is 0 Å². The maximum Gasteiger partial charge on any atom is 0.258 e. The van der Waals surface area contributed by atoms with E-state index >= 15 is 0 Å². The zero-order chi connectivity index (χ0) is 19.0. The highest BCUT2D eigenvalue weighted by atomic mass is 35.5. The number of aromatic nitrogens is 2. The molecule has 0 aliphatic carbocycles. The fraction of sp³-hybridized carbons (Fsp3) is 0.300. The Morgan fingerprint density at radius 3 is 2.96 bits per heavy atom. The third-order valence-corrected chi connectivity index (χ3v) is 5.24. The van der Waals surface area contributed by atoms with Gasteiger partial charge < -0.3 is 10.3 Å². The van der Waals surface area contributed by atoms with Crippen molar-refractivity contribution in [3.05, 3.63) is 58.6 Å². The number of anilines is 1. The van der Waals surface area contributed by atoms with Gasteiger partial charge in [0.15, 0.2) is 0 Å². The third kappa shape index (κ3) is 3.82. The molecule has 1 aliphatic heterocycles. The molecular weight excluding hydrogens is 367 g/mol. The fourth-order valence-corrected chi connectivity index (χ4v) is 3.67. The van der Waals surface area contributed by atoms with Crippen LogP contribution in [0.1, 0.15) is 35.9 Å². The van der Waals surface area contributed by atoms with Crippen molar-refractivity contribution in [3.63, 3.8) is 0 Å². The standard InChI is InChI=1S/C20H20ClFN4O/c1-12-3-2-8-26(12)11-19-24-17-7-5-14(10-18(17)25-19)23-20(27)15-6-4-13(21)9-16(15)22/h4-7,9-10,12H,2-3,8,11H2,1H3,(H,23,27)(H,24,25)/t12-/m0/s1. The van der Waals surface area contributed by atoms with E-state index < -0.39 is 11.7 Å². The summed E-state index contributed by atoms with van der Waals surface area (Å²) in [5.74, 6) is -0.259. The molecule has 1 fully saturated rings. The molecule has 1 aromatic heterocycles. The van der Waals surface area contributed by atoms with Gasteiger partial charge in [0.05, 0.1) is 23.1 Å². The van der Waals surface area contributed by atoms with Crippen LogP contribution >= 0.6 is 11.6 Å². The zero-order valence-corrected chi connectivity index (χ0v) is 15.7. The number of imidazole rings is 1. The molecule has 1 aliphatic rings. The molecule has 0 unspecified atom stereocenters. The summed E-state index contributed by atoms with van der Waals surface area (Å²) in [5, 5.41) is 2.97. The van der Waals surface area contributed by atoms with E-state index in [2.05, 4.69) is 27.1 Å². The first-order chi connectivity index (χ1) is 13.0. The molecule has 2 N–H and O–H groups in total. The molecule has 0 saturated carbocycles. The number of benzene rings is 2. The second-order valence-electron chi connectivity index (χ2n) is 6.96. The summed E-state index contributed by atoms with van der Waals surface area (Å²) < 4.78 is 13.9. The van der Waals surface area contributed by atoms with E-state index in [1.54, 1.807) is 6.07 Å². The SMILES string of the molecule is C[C@H]1CCCN1Cc1nc2ccc(NC(=O)c3ccc(Cl)cc3F)cc2[nH]1. The number of aromatic amines is 1. The van der Waals surface area contributed by atoms with Gasteiger partial charge in [-0.3, -0.25) is 9.69 Å². The Labute approximate surface area is 161 Å². The fourth-order valence-electron chi connectivity index (χ4n) is 3.51. The number of hydrogen-bond donors (Lipinski definition) is 2. The summed E-state index contributed by atoms with van der Waals surface area (Å²) in [6.45, 7) is 4.11. The molecule has 1 atom stereocenters. The van der Waals surface area contributed by atoms with Crippen LogP contribution in [0.5, 0.6) is 0 Å². The normalized spacial score (nSPS) is 17.5.